The first kappa shape index (κ1) is 44.1. The van der Waals surface area contributed by atoms with Crippen LogP contribution in [-0.2, 0) is 18.3 Å². The molecule has 2 aliphatic rings. The van der Waals surface area contributed by atoms with Gasteiger partial charge in [0, 0.05) is 5.92 Å². The lowest BCUT2D eigenvalue weighted by Gasteiger charge is -2.29. The van der Waals surface area contributed by atoms with Crippen LogP contribution in [-0.4, -0.2) is 0 Å². The number of hydrogen-bond donors (Lipinski definition) is 0. The van der Waals surface area contributed by atoms with E-state index in [4.69, 9.17) is 0 Å². The molecule has 64 heavy (non-hydrogen) atoms. The summed E-state index contributed by atoms with van der Waals surface area (Å²) < 4.78 is 0. The topological polar surface area (TPSA) is 0 Å². The monoisotopic (exact) mass is 833 g/mol. The van der Waals surface area contributed by atoms with Crippen molar-refractivity contribution in [2.75, 3.05) is 0 Å². The molecular formula is C64H64. The Hall–Kier alpha value is -6.50. The fourth-order valence-corrected chi connectivity index (χ4v) is 10.1. The van der Waals surface area contributed by atoms with Crippen molar-refractivity contribution in [3.05, 3.63) is 239 Å². The molecule has 2 unspecified atom stereocenters. The molecule has 0 heterocycles. The quantitative estimate of drug-likeness (QED) is 0.143. The molecule has 10 rings (SSSR count). The minimum atomic E-state index is 0.271. The Balaban J connectivity index is 0.000000136. The smallest absolute Gasteiger partial charge is 0.00953 e. The van der Waals surface area contributed by atoms with Crippen LogP contribution in [0.2, 0.25) is 0 Å². The first-order valence-electron chi connectivity index (χ1n) is 23.5. The number of aryl methyl sites for hydroxylation is 4. The molecule has 0 saturated heterocycles. The summed E-state index contributed by atoms with van der Waals surface area (Å²) in [5, 5.41) is 2.69. The summed E-state index contributed by atoms with van der Waals surface area (Å²) in [5.74, 6) is 1.23. The van der Waals surface area contributed by atoms with Gasteiger partial charge in [0.1, 0.15) is 0 Å². The van der Waals surface area contributed by atoms with Gasteiger partial charge in [-0.1, -0.05) is 246 Å². The number of fused-ring (bicyclic) bond motifs is 4. The normalized spacial score (nSPS) is 15.4. The molecule has 8 aromatic rings. The second kappa shape index (κ2) is 19.9. The molecule has 0 fully saturated rings. The van der Waals surface area contributed by atoms with Crippen LogP contribution >= 0.6 is 0 Å². The summed E-state index contributed by atoms with van der Waals surface area (Å²) in [5.41, 5.74) is 20.8. The van der Waals surface area contributed by atoms with Gasteiger partial charge < -0.3 is 0 Å². The molecular weight excluding hydrogens is 769 g/mol. The van der Waals surface area contributed by atoms with E-state index in [1.165, 1.54) is 95.1 Å². The maximum absolute atomic E-state index is 2.38. The van der Waals surface area contributed by atoms with Crippen LogP contribution in [0.3, 0.4) is 0 Å². The molecule has 320 valence electrons. The van der Waals surface area contributed by atoms with Crippen LogP contribution < -0.4 is 0 Å². The summed E-state index contributed by atoms with van der Waals surface area (Å²) in [6, 6.07) is 64.0. The Kier molecular flexibility index (Phi) is 13.7. The fraction of sp³-hybridized carbons (Fsp3) is 0.219. The van der Waals surface area contributed by atoms with Gasteiger partial charge in [0.2, 0.25) is 0 Å². The lowest BCUT2D eigenvalue weighted by Crippen LogP contribution is -2.24. The minimum Gasteiger partial charge on any atom is -0.0796 e. The first-order valence-corrected chi connectivity index (χ1v) is 23.5. The third kappa shape index (κ3) is 9.39. The maximum Gasteiger partial charge on any atom is 0.00953 e. The third-order valence-electron chi connectivity index (χ3n) is 13.6. The van der Waals surface area contributed by atoms with E-state index in [9.17, 15) is 0 Å². The van der Waals surface area contributed by atoms with Crippen molar-refractivity contribution in [2.24, 2.45) is 5.92 Å². The molecule has 2 aliphatic carbocycles. The number of hydrogen-bond acceptors (Lipinski definition) is 0. The van der Waals surface area contributed by atoms with Crippen molar-refractivity contribution in [3.63, 3.8) is 0 Å². The van der Waals surface area contributed by atoms with E-state index in [1.54, 1.807) is 5.56 Å². The molecule has 8 aromatic carbocycles. The number of rotatable bonds is 8. The van der Waals surface area contributed by atoms with Crippen molar-refractivity contribution in [2.45, 2.75) is 85.5 Å². The largest absolute Gasteiger partial charge is 0.0796 e. The summed E-state index contributed by atoms with van der Waals surface area (Å²) in [4.78, 5) is 0. The molecule has 0 aromatic heterocycles. The summed E-state index contributed by atoms with van der Waals surface area (Å²) >= 11 is 0. The lowest BCUT2D eigenvalue weighted by atomic mass is 9.74. The van der Waals surface area contributed by atoms with E-state index in [1.807, 2.05) is 0 Å². The average molecular weight is 833 g/mol. The highest BCUT2D eigenvalue weighted by Gasteiger charge is 2.44. The van der Waals surface area contributed by atoms with Gasteiger partial charge in [-0.3, -0.25) is 0 Å². The molecule has 0 spiro atoms. The standard InChI is InChI=1S/C27H26.C21H20.C16H18/c1-4-10-23-25(21-12-6-5-11-19(21)2)15-9-16-26(23)27-18-17-20(3)22-13-7-8-14-24(22)27;1-2-6-17-9-11-19(12-10-17)21-15-13-20(14-16-21)18-7-4-3-5-8-18;1-11-8-9-13-12-6-4-5-7-14(12)16(2,3)15(13)10-11/h5-9,11-18H,4,10H2,1-3H3;3-5,7-16H,2,6H2,1H3;4-10,12,14H,1-3H3. The van der Waals surface area contributed by atoms with Crippen LogP contribution in [0.5, 0.6) is 0 Å². The molecule has 0 N–H and O–H groups in total. The zero-order valence-electron chi connectivity index (χ0n) is 39.0. The van der Waals surface area contributed by atoms with Gasteiger partial charge in [-0.05, 0) is 134 Å². The predicted octanol–water partition coefficient (Wildman–Crippen LogP) is 17.8. The number of benzene rings is 8. The van der Waals surface area contributed by atoms with Crippen LogP contribution in [0, 0.1) is 26.7 Å². The van der Waals surface area contributed by atoms with Crippen molar-refractivity contribution < 1.29 is 0 Å². The van der Waals surface area contributed by atoms with Gasteiger partial charge >= 0.3 is 0 Å². The molecule has 0 bridgehead atoms. The van der Waals surface area contributed by atoms with Crippen LogP contribution in [0.15, 0.2) is 200 Å². The van der Waals surface area contributed by atoms with Crippen molar-refractivity contribution >= 4 is 10.8 Å². The minimum absolute atomic E-state index is 0.271. The summed E-state index contributed by atoms with van der Waals surface area (Å²) in [7, 11) is 0. The maximum atomic E-state index is 2.38. The molecule has 0 nitrogen and oxygen atoms in total. The Morgan fingerprint density at radius 1 is 0.438 bits per heavy atom. The van der Waals surface area contributed by atoms with Gasteiger partial charge in [0.05, 0.1) is 0 Å². The number of allylic oxidation sites excluding steroid dienone is 4. The molecule has 0 heteroatoms. The fourth-order valence-electron chi connectivity index (χ4n) is 10.1. The van der Waals surface area contributed by atoms with Crippen molar-refractivity contribution in [1.82, 2.24) is 0 Å². The van der Waals surface area contributed by atoms with E-state index in [0.717, 1.165) is 19.3 Å². The SMILES string of the molecule is CCCc1c(-c2ccccc2C)cccc1-c1ccc(C)c2ccccc12.CCCc1ccc(-c2ccc(-c3ccccc3)cc2)cc1.Cc1ccc2c(c1)C(C)(C)C1C=CC=CC21. The van der Waals surface area contributed by atoms with Gasteiger partial charge in [-0.2, -0.15) is 0 Å². The van der Waals surface area contributed by atoms with Gasteiger partial charge in [-0.25, -0.2) is 0 Å². The van der Waals surface area contributed by atoms with E-state index in [2.05, 4.69) is 249 Å². The first-order chi connectivity index (χ1) is 31.2. The summed E-state index contributed by atoms with van der Waals surface area (Å²) in [6.45, 7) is 15.8. The highest BCUT2D eigenvalue weighted by atomic mass is 14.5. The third-order valence-corrected chi connectivity index (χ3v) is 13.6. The van der Waals surface area contributed by atoms with E-state index < -0.39 is 0 Å². The highest BCUT2D eigenvalue weighted by Crippen LogP contribution is 2.52. The Morgan fingerprint density at radius 3 is 1.67 bits per heavy atom. The Morgan fingerprint density at radius 2 is 1.00 bits per heavy atom. The van der Waals surface area contributed by atoms with E-state index in [-0.39, 0.29) is 5.41 Å². The predicted molar refractivity (Wildman–Crippen MR) is 278 cm³/mol. The van der Waals surface area contributed by atoms with E-state index in [0.29, 0.717) is 11.8 Å². The van der Waals surface area contributed by atoms with Gasteiger partial charge in [-0.15, -0.1) is 0 Å². The molecule has 0 saturated carbocycles. The highest BCUT2D eigenvalue weighted by molar-refractivity contribution is 6.00. The van der Waals surface area contributed by atoms with Gasteiger partial charge in [0.15, 0.2) is 0 Å². The van der Waals surface area contributed by atoms with Crippen LogP contribution in [0.4, 0.5) is 0 Å². The van der Waals surface area contributed by atoms with Crippen LogP contribution in [0.1, 0.15) is 85.4 Å². The van der Waals surface area contributed by atoms with Crippen molar-refractivity contribution in [1.29, 1.82) is 0 Å². The van der Waals surface area contributed by atoms with Crippen LogP contribution in [0.25, 0.3) is 55.3 Å². The average Bonchev–Trinajstić information content (AvgIpc) is 3.56. The van der Waals surface area contributed by atoms with Crippen molar-refractivity contribution in [3.8, 4) is 44.5 Å². The molecule has 2 atom stereocenters. The van der Waals surface area contributed by atoms with E-state index >= 15 is 0 Å². The molecule has 0 radical (unpaired) electrons. The van der Waals surface area contributed by atoms with Gasteiger partial charge in [0.25, 0.3) is 0 Å². The Labute approximate surface area is 384 Å². The lowest BCUT2D eigenvalue weighted by molar-refractivity contribution is 0.394. The molecule has 0 aliphatic heterocycles. The second-order valence-electron chi connectivity index (χ2n) is 18.4. The zero-order valence-corrected chi connectivity index (χ0v) is 39.0. The molecule has 0 amide bonds. The zero-order chi connectivity index (χ0) is 44.6. The Bertz CT molecular complexity index is 2880. The second-order valence-corrected chi connectivity index (χ2v) is 18.4. The summed E-state index contributed by atoms with van der Waals surface area (Å²) in [6.07, 6.45) is 13.7.